The van der Waals surface area contributed by atoms with Crippen molar-refractivity contribution in [1.29, 1.82) is 5.26 Å². The molecule has 196 valence electrons. The molecule has 1 unspecified atom stereocenters. The SMILES string of the molecule is Cc1ccc(C#N)c([C@H]2C[C@@H](NC(=O)c3cn(C(C)c4cnc(N5CC[C@H](C)C5=O)cc4C)nc3C)C2)c1. The van der Waals surface area contributed by atoms with E-state index in [0.29, 0.717) is 23.6 Å². The van der Waals surface area contributed by atoms with Crippen LogP contribution in [-0.2, 0) is 4.79 Å². The van der Waals surface area contributed by atoms with Gasteiger partial charge in [-0.05, 0) is 81.7 Å². The first-order valence-corrected chi connectivity index (χ1v) is 13.3. The van der Waals surface area contributed by atoms with E-state index in [0.717, 1.165) is 47.1 Å². The average Bonchev–Trinajstić information content (AvgIpc) is 3.42. The quantitative estimate of drug-likeness (QED) is 0.516. The number of benzene rings is 1. The van der Waals surface area contributed by atoms with Crippen molar-refractivity contribution in [2.75, 3.05) is 11.4 Å². The van der Waals surface area contributed by atoms with Crippen molar-refractivity contribution in [2.45, 2.75) is 71.9 Å². The number of nitrogens with one attached hydrogen (secondary N) is 1. The molecule has 1 aliphatic heterocycles. The monoisotopic (exact) mass is 510 g/mol. The number of nitriles is 1. The number of amides is 2. The van der Waals surface area contributed by atoms with Crippen LogP contribution in [0, 0.1) is 38.0 Å². The maximum Gasteiger partial charge on any atom is 0.254 e. The normalized spacial score (nSPS) is 21.6. The van der Waals surface area contributed by atoms with Crippen LogP contribution in [0.5, 0.6) is 0 Å². The fourth-order valence-electron chi connectivity index (χ4n) is 5.61. The molecule has 2 aromatic heterocycles. The molecule has 2 amide bonds. The second kappa shape index (κ2) is 10.1. The first-order valence-electron chi connectivity index (χ1n) is 13.3. The van der Waals surface area contributed by atoms with Crippen LogP contribution in [0.2, 0.25) is 0 Å². The summed E-state index contributed by atoms with van der Waals surface area (Å²) in [5.41, 5.74) is 6.20. The summed E-state index contributed by atoms with van der Waals surface area (Å²) in [5.74, 6) is 1.02. The number of aromatic nitrogens is 3. The van der Waals surface area contributed by atoms with Crippen molar-refractivity contribution in [3.05, 3.63) is 75.7 Å². The molecule has 0 bridgehead atoms. The topological polar surface area (TPSA) is 104 Å². The number of carbonyl (C=O) groups is 2. The zero-order valence-corrected chi connectivity index (χ0v) is 22.7. The standard InChI is InChI=1S/C30H34N6O2/c1-17-6-7-22(14-31)25(10-17)23-12-24(13-23)33-29(37)27-16-36(34-20(27)4)21(5)26-15-32-28(11-19(26)3)35-9-8-18(2)30(35)38/h6-7,10-11,15-16,18,21,23-24H,8-9,12-13H2,1-5H3,(H,33,37)/t18-,21?,23-,24+/m0/s1. The maximum absolute atomic E-state index is 13.1. The Hall–Kier alpha value is -3.99. The Morgan fingerprint density at radius 3 is 2.63 bits per heavy atom. The van der Waals surface area contributed by atoms with Crippen LogP contribution in [0.15, 0.2) is 36.7 Å². The Labute approximate surface area is 223 Å². The summed E-state index contributed by atoms with van der Waals surface area (Å²) in [4.78, 5) is 31.9. The molecule has 1 aromatic carbocycles. The van der Waals surface area contributed by atoms with Crippen molar-refractivity contribution in [3.8, 4) is 6.07 Å². The summed E-state index contributed by atoms with van der Waals surface area (Å²) in [6.07, 6.45) is 6.12. The van der Waals surface area contributed by atoms with Gasteiger partial charge in [-0.3, -0.25) is 19.2 Å². The second-order valence-corrected chi connectivity index (χ2v) is 10.9. The zero-order chi connectivity index (χ0) is 27.1. The number of aryl methyl sites for hydroxylation is 3. The van der Waals surface area contributed by atoms with Crippen molar-refractivity contribution >= 4 is 17.6 Å². The van der Waals surface area contributed by atoms with Gasteiger partial charge in [0.2, 0.25) is 5.91 Å². The summed E-state index contributed by atoms with van der Waals surface area (Å²) in [6, 6.07) is 10.1. The number of hydrogen-bond donors (Lipinski definition) is 1. The van der Waals surface area contributed by atoms with Gasteiger partial charge >= 0.3 is 0 Å². The van der Waals surface area contributed by atoms with Gasteiger partial charge in [-0.1, -0.05) is 24.6 Å². The van der Waals surface area contributed by atoms with E-state index in [1.807, 2.05) is 63.7 Å². The highest BCUT2D eigenvalue weighted by Gasteiger charge is 2.34. The molecule has 1 saturated carbocycles. The average molecular weight is 511 g/mol. The number of nitrogens with zero attached hydrogens (tertiary/aromatic N) is 5. The van der Waals surface area contributed by atoms with Crippen LogP contribution in [-0.4, -0.2) is 39.2 Å². The van der Waals surface area contributed by atoms with E-state index in [-0.39, 0.29) is 35.7 Å². The minimum Gasteiger partial charge on any atom is -0.349 e. The van der Waals surface area contributed by atoms with E-state index in [9.17, 15) is 14.9 Å². The summed E-state index contributed by atoms with van der Waals surface area (Å²) >= 11 is 0. The minimum atomic E-state index is -0.124. The largest absolute Gasteiger partial charge is 0.349 e. The molecule has 1 saturated heterocycles. The highest BCUT2D eigenvalue weighted by Crippen LogP contribution is 2.39. The number of carbonyl (C=O) groups excluding carboxylic acids is 2. The molecule has 2 aliphatic rings. The lowest BCUT2D eigenvalue weighted by molar-refractivity contribution is -0.119. The summed E-state index contributed by atoms with van der Waals surface area (Å²) < 4.78 is 1.81. The molecule has 8 nitrogen and oxygen atoms in total. The van der Waals surface area contributed by atoms with Crippen LogP contribution in [0.3, 0.4) is 0 Å². The van der Waals surface area contributed by atoms with E-state index in [2.05, 4.69) is 27.5 Å². The molecular formula is C30H34N6O2. The zero-order valence-electron chi connectivity index (χ0n) is 22.7. The lowest BCUT2D eigenvalue weighted by Crippen LogP contribution is -2.43. The van der Waals surface area contributed by atoms with E-state index in [1.165, 1.54) is 0 Å². The fraction of sp³-hybridized carbons (Fsp3) is 0.433. The molecule has 3 heterocycles. The van der Waals surface area contributed by atoms with Gasteiger partial charge in [0.1, 0.15) is 5.82 Å². The summed E-state index contributed by atoms with van der Waals surface area (Å²) in [7, 11) is 0. The third-order valence-electron chi connectivity index (χ3n) is 8.14. The van der Waals surface area contributed by atoms with E-state index in [1.54, 1.807) is 11.1 Å². The van der Waals surface area contributed by atoms with Crippen molar-refractivity contribution in [2.24, 2.45) is 5.92 Å². The van der Waals surface area contributed by atoms with Gasteiger partial charge < -0.3 is 5.32 Å². The van der Waals surface area contributed by atoms with Crippen LogP contribution in [0.1, 0.15) is 88.9 Å². The Balaban J connectivity index is 1.25. The van der Waals surface area contributed by atoms with Crippen LogP contribution < -0.4 is 10.2 Å². The third-order valence-corrected chi connectivity index (χ3v) is 8.14. The molecule has 2 atom stereocenters. The Bertz CT molecular complexity index is 1450. The van der Waals surface area contributed by atoms with Gasteiger partial charge in [-0.15, -0.1) is 0 Å². The van der Waals surface area contributed by atoms with E-state index < -0.39 is 0 Å². The van der Waals surface area contributed by atoms with E-state index >= 15 is 0 Å². The van der Waals surface area contributed by atoms with Crippen molar-refractivity contribution in [3.63, 3.8) is 0 Å². The molecule has 0 radical (unpaired) electrons. The maximum atomic E-state index is 13.1. The summed E-state index contributed by atoms with van der Waals surface area (Å²) in [5, 5.41) is 17.2. The van der Waals surface area contributed by atoms with Crippen molar-refractivity contribution in [1.82, 2.24) is 20.1 Å². The number of anilines is 1. The van der Waals surface area contributed by atoms with Gasteiger partial charge in [-0.2, -0.15) is 10.4 Å². The Kier molecular flexibility index (Phi) is 6.78. The van der Waals surface area contributed by atoms with E-state index in [4.69, 9.17) is 0 Å². The highest BCUT2D eigenvalue weighted by atomic mass is 16.2. The van der Waals surface area contributed by atoms with Gasteiger partial charge in [0, 0.05) is 30.9 Å². The van der Waals surface area contributed by atoms with Gasteiger partial charge in [0.05, 0.1) is 28.9 Å². The third kappa shape index (κ3) is 4.69. The first kappa shape index (κ1) is 25.7. The molecule has 1 N–H and O–H groups in total. The number of rotatable bonds is 6. The lowest BCUT2D eigenvalue weighted by atomic mass is 9.74. The molecule has 5 rings (SSSR count). The van der Waals surface area contributed by atoms with Gasteiger partial charge in [-0.25, -0.2) is 4.98 Å². The number of hydrogen-bond acceptors (Lipinski definition) is 5. The molecule has 0 spiro atoms. The lowest BCUT2D eigenvalue weighted by Gasteiger charge is -2.36. The fourth-order valence-corrected chi connectivity index (χ4v) is 5.61. The Morgan fingerprint density at radius 1 is 1.21 bits per heavy atom. The van der Waals surface area contributed by atoms with Gasteiger partial charge in [0.25, 0.3) is 5.91 Å². The predicted molar refractivity (Wildman–Crippen MR) is 145 cm³/mol. The number of pyridine rings is 1. The second-order valence-electron chi connectivity index (χ2n) is 10.9. The molecule has 1 aliphatic carbocycles. The van der Waals surface area contributed by atoms with Crippen LogP contribution in [0.4, 0.5) is 5.82 Å². The van der Waals surface area contributed by atoms with Crippen LogP contribution in [0.25, 0.3) is 0 Å². The van der Waals surface area contributed by atoms with Crippen LogP contribution >= 0.6 is 0 Å². The van der Waals surface area contributed by atoms with Gasteiger partial charge in [0.15, 0.2) is 0 Å². The molecule has 2 fully saturated rings. The molecule has 38 heavy (non-hydrogen) atoms. The molecular weight excluding hydrogens is 476 g/mol. The highest BCUT2D eigenvalue weighted by molar-refractivity contribution is 5.96. The smallest absolute Gasteiger partial charge is 0.254 e. The summed E-state index contributed by atoms with van der Waals surface area (Å²) in [6.45, 7) is 10.6. The molecule has 3 aromatic rings. The molecule has 8 heteroatoms. The Morgan fingerprint density at radius 2 is 1.97 bits per heavy atom. The predicted octanol–water partition coefficient (Wildman–Crippen LogP) is 4.73. The first-order chi connectivity index (χ1) is 18.2. The minimum absolute atomic E-state index is 0.0377. The van der Waals surface area contributed by atoms with Crippen molar-refractivity contribution < 1.29 is 9.59 Å².